The van der Waals surface area contributed by atoms with Gasteiger partial charge in [-0.25, -0.2) is 4.79 Å². The standard InChI is InChI=1S/C23H35N5O8/c1-11(2)19(22(34)26-15(23(35)36)8-9-17(24)31)28-20(32)16(27-21(33)18(25)12(3)29)10-13-4-6-14(30)7-5-13/h4-7,11-12,15-16,18-19,29-30H,8-10,25H2,1-3H3,(H2,24,31)(H,26,34)(H,27,33)(H,28,32)(H,35,36). The van der Waals surface area contributed by atoms with Crippen molar-refractivity contribution in [2.45, 2.75) is 70.3 Å². The van der Waals surface area contributed by atoms with E-state index in [1.807, 2.05) is 0 Å². The molecular formula is C23H35N5O8. The summed E-state index contributed by atoms with van der Waals surface area (Å²) in [4.78, 5) is 60.9. The number of amides is 4. The number of nitrogens with two attached hydrogens (primary N) is 2. The van der Waals surface area contributed by atoms with Gasteiger partial charge in [-0.05, 0) is 37.0 Å². The lowest BCUT2D eigenvalue weighted by Crippen LogP contribution is -2.59. The Balaban J connectivity index is 3.09. The van der Waals surface area contributed by atoms with E-state index in [1.54, 1.807) is 26.0 Å². The highest BCUT2D eigenvalue weighted by molar-refractivity contribution is 5.94. The Bertz CT molecular complexity index is 935. The lowest BCUT2D eigenvalue weighted by molar-refractivity contribution is -0.143. The number of hydrogen-bond donors (Lipinski definition) is 8. The van der Waals surface area contributed by atoms with Crippen LogP contribution in [0.1, 0.15) is 39.2 Å². The number of rotatable bonds is 14. The van der Waals surface area contributed by atoms with Crippen LogP contribution < -0.4 is 27.4 Å². The molecule has 13 nitrogen and oxygen atoms in total. The molecule has 0 radical (unpaired) electrons. The minimum absolute atomic E-state index is 0.000720. The molecule has 0 aliphatic rings. The van der Waals surface area contributed by atoms with Crippen LogP contribution in [-0.4, -0.2) is 75.2 Å². The Labute approximate surface area is 208 Å². The summed E-state index contributed by atoms with van der Waals surface area (Å²) >= 11 is 0. The van der Waals surface area contributed by atoms with Gasteiger partial charge in [-0.1, -0.05) is 26.0 Å². The molecular weight excluding hydrogens is 474 g/mol. The van der Waals surface area contributed by atoms with Gasteiger partial charge in [0.15, 0.2) is 0 Å². The topological polar surface area (TPSA) is 234 Å². The molecule has 0 spiro atoms. The van der Waals surface area contributed by atoms with E-state index in [4.69, 9.17) is 11.5 Å². The maximum absolute atomic E-state index is 13.2. The van der Waals surface area contributed by atoms with Gasteiger partial charge in [-0.2, -0.15) is 0 Å². The molecule has 200 valence electrons. The molecule has 0 bridgehead atoms. The number of benzene rings is 1. The van der Waals surface area contributed by atoms with Crippen molar-refractivity contribution in [1.29, 1.82) is 0 Å². The van der Waals surface area contributed by atoms with Crippen LogP contribution in [0.25, 0.3) is 0 Å². The van der Waals surface area contributed by atoms with Crippen molar-refractivity contribution in [3.8, 4) is 5.75 Å². The molecule has 5 atom stereocenters. The van der Waals surface area contributed by atoms with Gasteiger partial charge >= 0.3 is 5.97 Å². The highest BCUT2D eigenvalue weighted by atomic mass is 16.4. The number of phenolic OH excluding ortho intramolecular Hbond substituents is 1. The summed E-state index contributed by atoms with van der Waals surface area (Å²) in [5.74, 6) is -4.94. The number of aliphatic hydroxyl groups excluding tert-OH is 1. The van der Waals surface area contributed by atoms with Crippen molar-refractivity contribution < 1.29 is 39.3 Å². The second-order valence-electron chi connectivity index (χ2n) is 8.83. The summed E-state index contributed by atoms with van der Waals surface area (Å²) in [5, 5.41) is 35.8. The third-order valence-electron chi connectivity index (χ3n) is 5.37. The van der Waals surface area contributed by atoms with Crippen molar-refractivity contribution in [2.75, 3.05) is 0 Å². The van der Waals surface area contributed by atoms with E-state index in [0.717, 1.165) is 0 Å². The number of aliphatic carboxylic acids is 1. The van der Waals surface area contributed by atoms with Crippen LogP contribution in [0.3, 0.4) is 0 Å². The molecule has 4 amide bonds. The molecule has 0 heterocycles. The molecule has 0 saturated heterocycles. The zero-order chi connectivity index (χ0) is 27.6. The summed E-state index contributed by atoms with van der Waals surface area (Å²) in [5.41, 5.74) is 11.3. The number of aromatic hydroxyl groups is 1. The van der Waals surface area contributed by atoms with E-state index in [9.17, 15) is 39.3 Å². The highest BCUT2D eigenvalue weighted by Gasteiger charge is 2.32. The summed E-state index contributed by atoms with van der Waals surface area (Å²) in [7, 11) is 0. The monoisotopic (exact) mass is 509 g/mol. The zero-order valence-corrected chi connectivity index (χ0v) is 20.4. The molecule has 5 unspecified atom stereocenters. The molecule has 0 fully saturated rings. The van der Waals surface area contributed by atoms with Crippen molar-refractivity contribution in [3.63, 3.8) is 0 Å². The van der Waals surface area contributed by atoms with Gasteiger partial charge in [0.05, 0.1) is 6.10 Å². The number of carboxylic acid groups (broad SMARTS) is 1. The van der Waals surface area contributed by atoms with Gasteiger partial charge < -0.3 is 42.7 Å². The van der Waals surface area contributed by atoms with Gasteiger partial charge in [0.25, 0.3) is 0 Å². The fourth-order valence-corrected chi connectivity index (χ4v) is 3.16. The van der Waals surface area contributed by atoms with Crippen LogP contribution in [0, 0.1) is 5.92 Å². The molecule has 0 aliphatic heterocycles. The lowest BCUT2D eigenvalue weighted by Gasteiger charge is -2.27. The number of aliphatic hydroxyl groups is 1. The Hall–Kier alpha value is -3.71. The van der Waals surface area contributed by atoms with Gasteiger partial charge in [0.1, 0.15) is 29.9 Å². The largest absolute Gasteiger partial charge is 0.508 e. The van der Waals surface area contributed by atoms with Crippen LogP contribution in [-0.2, 0) is 30.4 Å². The first-order valence-corrected chi connectivity index (χ1v) is 11.4. The van der Waals surface area contributed by atoms with Gasteiger partial charge in [-0.3, -0.25) is 19.2 Å². The van der Waals surface area contributed by atoms with Crippen molar-refractivity contribution in [3.05, 3.63) is 29.8 Å². The van der Waals surface area contributed by atoms with E-state index in [-0.39, 0.29) is 25.0 Å². The molecule has 1 aromatic rings. The van der Waals surface area contributed by atoms with Gasteiger partial charge in [-0.15, -0.1) is 0 Å². The number of phenols is 1. The summed E-state index contributed by atoms with van der Waals surface area (Å²) < 4.78 is 0. The average molecular weight is 510 g/mol. The second kappa shape index (κ2) is 14.0. The first-order chi connectivity index (χ1) is 16.7. The van der Waals surface area contributed by atoms with Crippen molar-refractivity contribution in [1.82, 2.24) is 16.0 Å². The minimum atomic E-state index is -1.40. The third-order valence-corrected chi connectivity index (χ3v) is 5.37. The first-order valence-electron chi connectivity index (χ1n) is 11.4. The summed E-state index contributed by atoms with van der Waals surface area (Å²) in [6.45, 7) is 4.57. The fourth-order valence-electron chi connectivity index (χ4n) is 3.16. The smallest absolute Gasteiger partial charge is 0.326 e. The molecule has 0 aliphatic carbocycles. The lowest BCUT2D eigenvalue weighted by atomic mass is 10.00. The number of carboxylic acids is 1. The van der Waals surface area contributed by atoms with E-state index in [0.29, 0.717) is 5.56 Å². The molecule has 10 N–H and O–H groups in total. The predicted octanol–water partition coefficient (Wildman–Crippen LogP) is -1.90. The Morgan fingerprint density at radius 3 is 1.92 bits per heavy atom. The third kappa shape index (κ3) is 9.88. The van der Waals surface area contributed by atoms with E-state index in [1.165, 1.54) is 19.1 Å². The second-order valence-corrected chi connectivity index (χ2v) is 8.83. The first kappa shape index (κ1) is 30.3. The maximum Gasteiger partial charge on any atom is 0.326 e. The summed E-state index contributed by atoms with van der Waals surface area (Å²) in [6.07, 6.45) is -1.72. The number of hydrogen-bond acceptors (Lipinski definition) is 8. The number of carbonyl (C=O) groups excluding carboxylic acids is 4. The molecule has 0 saturated carbocycles. The molecule has 1 rings (SSSR count). The van der Waals surface area contributed by atoms with E-state index < -0.39 is 65.8 Å². The quantitative estimate of drug-likeness (QED) is 0.140. The van der Waals surface area contributed by atoms with Crippen LogP contribution >= 0.6 is 0 Å². The molecule has 0 aromatic heterocycles. The summed E-state index contributed by atoms with van der Waals surface area (Å²) in [6, 6.07) is 0.763. The van der Waals surface area contributed by atoms with Crippen LogP contribution in [0.5, 0.6) is 5.75 Å². The molecule has 36 heavy (non-hydrogen) atoms. The zero-order valence-electron chi connectivity index (χ0n) is 20.4. The van der Waals surface area contributed by atoms with Crippen molar-refractivity contribution in [2.24, 2.45) is 17.4 Å². The maximum atomic E-state index is 13.2. The predicted molar refractivity (Wildman–Crippen MR) is 128 cm³/mol. The Morgan fingerprint density at radius 2 is 1.44 bits per heavy atom. The minimum Gasteiger partial charge on any atom is -0.508 e. The Kier molecular flexibility index (Phi) is 11.8. The highest BCUT2D eigenvalue weighted by Crippen LogP contribution is 2.13. The molecule has 1 aromatic carbocycles. The van der Waals surface area contributed by atoms with Gasteiger partial charge in [0, 0.05) is 12.8 Å². The fraction of sp³-hybridized carbons (Fsp3) is 0.522. The Morgan fingerprint density at radius 1 is 0.889 bits per heavy atom. The number of primary amides is 1. The number of carbonyl (C=O) groups is 5. The van der Waals surface area contributed by atoms with E-state index >= 15 is 0 Å². The van der Waals surface area contributed by atoms with Crippen LogP contribution in [0.15, 0.2) is 24.3 Å². The van der Waals surface area contributed by atoms with Crippen LogP contribution in [0.4, 0.5) is 0 Å². The van der Waals surface area contributed by atoms with E-state index in [2.05, 4.69) is 16.0 Å². The van der Waals surface area contributed by atoms with Crippen molar-refractivity contribution >= 4 is 29.6 Å². The normalized spacial score (nSPS) is 15.2. The average Bonchev–Trinajstić information content (AvgIpc) is 2.79. The van der Waals surface area contributed by atoms with Crippen LogP contribution in [0.2, 0.25) is 0 Å². The SMILES string of the molecule is CC(C)C(NC(=O)C(Cc1ccc(O)cc1)NC(=O)C(N)C(C)O)C(=O)NC(CCC(N)=O)C(=O)O. The molecule has 13 heteroatoms. The number of nitrogens with one attached hydrogen (secondary N) is 3. The van der Waals surface area contributed by atoms with Gasteiger partial charge in [0.2, 0.25) is 23.6 Å².